The summed E-state index contributed by atoms with van der Waals surface area (Å²) in [6.07, 6.45) is 6.77. The number of pyridine rings is 2. The lowest BCUT2D eigenvalue weighted by Crippen LogP contribution is -2.18. The van der Waals surface area contributed by atoms with Crippen molar-refractivity contribution in [2.75, 3.05) is 5.32 Å². The molecule has 0 fully saturated rings. The van der Waals surface area contributed by atoms with Gasteiger partial charge in [0.2, 0.25) is 0 Å². The molecule has 11 heteroatoms. The minimum absolute atomic E-state index is 0.118. The van der Waals surface area contributed by atoms with Gasteiger partial charge in [0.1, 0.15) is 11.8 Å². The van der Waals surface area contributed by atoms with E-state index in [0.29, 0.717) is 34.7 Å². The van der Waals surface area contributed by atoms with Crippen molar-refractivity contribution in [2.45, 2.75) is 39.3 Å². The smallest absolute Gasteiger partial charge is 0.328 e. The highest BCUT2D eigenvalue weighted by atomic mass is 16.4. The van der Waals surface area contributed by atoms with Crippen molar-refractivity contribution in [3.05, 3.63) is 42.5 Å². The third-order valence-electron chi connectivity index (χ3n) is 4.87. The van der Waals surface area contributed by atoms with Crippen molar-refractivity contribution in [3.63, 3.8) is 0 Å². The number of carboxylic acids is 1. The van der Waals surface area contributed by atoms with E-state index in [4.69, 9.17) is 5.26 Å². The highest BCUT2D eigenvalue weighted by Crippen LogP contribution is 2.29. The van der Waals surface area contributed by atoms with E-state index in [1.807, 2.05) is 19.9 Å². The fourth-order valence-corrected chi connectivity index (χ4v) is 3.37. The normalized spacial score (nSPS) is 12.1. The molecule has 0 saturated heterocycles. The summed E-state index contributed by atoms with van der Waals surface area (Å²) < 4.78 is 2.95. The zero-order valence-electron chi connectivity index (χ0n) is 17.8. The van der Waals surface area contributed by atoms with E-state index in [9.17, 15) is 9.90 Å². The molecule has 2 N–H and O–H groups in total. The fraction of sp³-hybridized carbons (Fsp3) is 0.286. The average molecular weight is 431 g/mol. The molecule has 0 saturated carbocycles. The van der Waals surface area contributed by atoms with Gasteiger partial charge in [-0.25, -0.2) is 19.4 Å². The Hall–Kier alpha value is -4.33. The molecule has 0 bridgehead atoms. The standard InChI is InChI=1S/C21H21N9O2/c1-4-18(21(31)32)29-11-17(27-28-29)15-10-23-19(6-16(15)26-12(2)3)30-20-14(9-25-30)5-13(7-22)8-24-20/h5-6,8-12,18H,4H2,1-3H3,(H,23,26)(H,31,32). The molecule has 0 aliphatic heterocycles. The third-order valence-corrected chi connectivity index (χ3v) is 4.87. The Morgan fingerprint density at radius 3 is 2.75 bits per heavy atom. The molecule has 1 unspecified atom stereocenters. The molecular weight excluding hydrogens is 410 g/mol. The van der Waals surface area contributed by atoms with E-state index >= 15 is 0 Å². The largest absolute Gasteiger partial charge is 0.480 e. The van der Waals surface area contributed by atoms with Crippen molar-refractivity contribution in [3.8, 4) is 23.1 Å². The summed E-state index contributed by atoms with van der Waals surface area (Å²) in [5.41, 5.74) is 2.98. The number of hydrogen-bond donors (Lipinski definition) is 2. The van der Waals surface area contributed by atoms with E-state index in [2.05, 4.69) is 36.8 Å². The van der Waals surface area contributed by atoms with Gasteiger partial charge in [-0.1, -0.05) is 12.1 Å². The molecule has 0 spiro atoms. The van der Waals surface area contributed by atoms with Crippen LogP contribution in [0.5, 0.6) is 0 Å². The van der Waals surface area contributed by atoms with Crippen LogP contribution in [-0.2, 0) is 4.79 Å². The van der Waals surface area contributed by atoms with Crippen molar-refractivity contribution in [1.82, 2.24) is 34.7 Å². The van der Waals surface area contributed by atoms with Crippen LogP contribution in [0.4, 0.5) is 5.69 Å². The first-order valence-corrected chi connectivity index (χ1v) is 10.1. The van der Waals surface area contributed by atoms with E-state index < -0.39 is 12.0 Å². The van der Waals surface area contributed by atoms with Gasteiger partial charge < -0.3 is 10.4 Å². The van der Waals surface area contributed by atoms with Crippen LogP contribution in [-0.4, -0.2) is 51.9 Å². The van der Waals surface area contributed by atoms with Gasteiger partial charge in [-0.3, -0.25) is 0 Å². The first kappa shape index (κ1) is 20.9. The molecule has 162 valence electrons. The molecule has 0 aromatic carbocycles. The molecule has 1 atom stereocenters. The van der Waals surface area contributed by atoms with Crippen LogP contribution in [0.2, 0.25) is 0 Å². The van der Waals surface area contributed by atoms with E-state index in [1.165, 1.54) is 10.9 Å². The van der Waals surface area contributed by atoms with Gasteiger partial charge in [-0.15, -0.1) is 5.10 Å². The highest BCUT2D eigenvalue weighted by Gasteiger charge is 2.21. The minimum Gasteiger partial charge on any atom is -0.480 e. The van der Waals surface area contributed by atoms with Crippen LogP contribution in [0.15, 0.2) is 36.9 Å². The Labute approximate surface area is 183 Å². The summed E-state index contributed by atoms with van der Waals surface area (Å²) in [6.45, 7) is 5.80. The number of hydrogen-bond acceptors (Lipinski definition) is 8. The van der Waals surface area contributed by atoms with Gasteiger partial charge in [0, 0.05) is 41.1 Å². The minimum atomic E-state index is -0.962. The predicted molar refractivity (Wildman–Crippen MR) is 116 cm³/mol. The van der Waals surface area contributed by atoms with E-state index in [0.717, 1.165) is 11.1 Å². The zero-order chi connectivity index (χ0) is 22.8. The first-order valence-electron chi connectivity index (χ1n) is 10.1. The zero-order valence-corrected chi connectivity index (χ0v) is 17.8. The molecule has 0 aliphatic rings. The van der Waals surface area contributed by atoms with Crippen LogP contribution in [0, 0.1) is 11.3 Å². The summed E-state index contributed by atoms with van der Waals surface area (Å²) in [6, 6.07) is 4.95. The van der Waals surface area contributed by atoms with Gasteiger partial charge in [-0.2, -0.15) is 15.0 Å². The topological polar surface area (TPSA) is 147 Å². The summed E-state index contributed by atoms with van der Waals surface area (Å²) in [7, 11) is 0. The molecule has 4 rings (SSSR count). The average Bonchev–Trinajstić information content (AvgIpc) is 3.40. The number of nitriles is 1. The third kappa shape index (κ3) is 3.85. The van der Waals surface area contributed by atoms with Crippen molar-refractivity contribution in [2.24, 2.45) is 0 Å². The SMILES string of the molecule is CCC(C(=O)O)n1cc(-c2cnc(-n3ncc4cc(C#N)cnc43)cc2NC(C)C)nn1. The maximum absolute atomic E-state index is 11.5. The number of nitrogens with one attached hydrogen (secondary N) is 1. The molecule has 4 aromatic rings. The molecule has 4 heterocycles. The molecule has 32 heavy (non-hydrogen) atoms. The summed E-state index contributed by atoms with van der Waals surface area (Å²) >= 11 is 0. The molecule has 11 nitrogen and oxygen atoms in total. The molecule has 0 aliphatic carbocycles. The van der Waals surface area contributed by atoms with Gasteiger partial charge in [-0.05, 0) is 26.3 Å². The molecule has 0 radical (unpaired) electrons. The van der Waals surface area contributed by atoms with Crippen molar-refractivity contribution < 1.29 is 9.90 Å². The maximum Gasteiger partial charge on any atom is 0.328 e. The number of anilines is 1. The number of rotatable bonds is 7. The second-order valence-corrected chi connectivity index (χ2v) is 7.54. The Balaban J connectivity index is 1.78. The molecule has 4 aromatic heterocycles. The summed E-state index contributed by atoms with van der Waals surface area (Å²) in [5.74, 6) is -0.427. The quantitative estimate of drug-likeness (QED) is 0.450. The Morgan fingerprint density at radius 2 is 2.06 bits per heavy atom. The number of carboxylic acid groups (broad SMARTS) is 1. The van der Waals surface area contributed by atoms with Gasteiger partial charge in [0.25, 0.3) is 0 Å². The lowest BCUT2D eigenvalue weighted by atomic mass is 10.1. The van der Waals surface area contributed by atoms with E-state index in [1.54, 1.807) is 36.3 Å². The second-order valence-electron chi connectivity index (χ2n) is 7.54. The summed E-state index contributed by atoms with van der Waals surface area (Å²) in [4.78, 5) is 20.3. The first-order chi connectivity index (χ1) is 15.4. The Kier molecular flexibility index (Phi) is 5.51. The van der Waals surface area contributed by atoms with Crippen LogP contribution < -0.4 is 5.32 Å². The lowest BCUT2D eigenvalue weighted by Gasteiger charge is -2.15. The van der Waals surface area contributed by atoms with Crippen LogP contribution in [0.1, 0.15) is 38.8 Å². The van der Waals surface area contributed by atoms with Gasteiger partial charge in [0.05, 0.1) is 18.0 Å². The number of fused-ring (bicyclic) bond motifs is 1. The van der Waals surface area contributed by atoms with Crippen LogP contribution in [0.25, 0.3) is 28.1 Å². The predicted octanol–water partition coefficient (Wildman–Crippen LogP) is 2.80. The highest BCUT2D eigenvalue weighted by molar-refractivity contribution is 5.79. The monoisotopic (exact) mass is 431 g/mol. The van der Waals surface area contributed by atoms with Gasteiger partial charge >= 0.3 is 5.97 Å². The number of aromatic nitrogens is 7. The maximum atomic E-state index is 11.5. The van der Waals surface area contributed by atoms with Crippen LogP contribution >= 0.6 is 0 Å². The molecule has 0 amide bonds. The van der Waals surface area contributed by atoms with Gasteiger partial charge in [0.15, 0.2) is 17.5 Å². The van der Waals surface area contributed by atoms with Crippen molar-refractivity contribution in [1.29, 1.82) is 5.26 Å². The Morgan fingerprint density at radius 1 is 1.25 bits per heavy atom. The van der Waals surface area contributed by atoms with E-state index in [-0.39, 0.29) is 6.04 Å². The van der Waals surface area contributed by atoms with Crippen LogP contribution in [0.3, 0.4) is 0 Å². The van der Waals surface area contributed by atoms with Crippen molar-refractivity contribution >= 4 is 22.7 Å². The summed E-state index contributed by atoms with van der Waals surface area (Å²) in [5, 5.41) is 35.1. The number of aliphatic carboxylic acids is 1. The number of carbonyl (C=O) groups is 1. The molecular formula is C21H21N9O2. The number of nitrogens with zero attached hydrogens (tertiary/aromatic N) is 8. The second kappa shape index (κ2) is 8.43. The Bertz CT molecular complexity index is 1330. The lowest BCUT2D eigenvalue weighted by molar-refractivity contribution is -0.141. The fourth-order valence-electron chi connectivity index (χ4n) is 3.37.